The first kappa shape index (κ1) is 13.4. The highest BCUT2D eigenvalue weighted by Crippen LogP contribution is 2.24. The molecule has 6 nitrogen and oxygen atoms in total. The predicted molar refractivity (Wildman–Crippen MR) is 71.4 cm³/mol. The average Bonchev–Trinajstić information content (AvgIpc) is 2.78. The fourth-order valence-electron chi connectivity index (χ4n) is 1.56. The summed E-state index contributed by atoms with van der Waals surface area (Å²) < 4.78 is 6.87. The molecule has 1 heterocycles. The fourth-order valence-corrected chi connectivity index (χ4v) is 2.19. The predicted octanol–water partition coefficient (Wildman–Crippen LogP) is 1.67. The standard InChI is InChI=1S/C12H13N3O3S/c1-15-11(8-3-5-9(18-2)6-4-8)13-14-12(15)19-7-10(16)17/h3-6H,7H2,1-2H3,(H,16,17). The van der Waals surface area contributed by atoms with Gasteiger partial charge in [0.2, 0.25) is 0 Å². The average molecular weight is 279 g/mol. The lowest BCUT2D eigenvalue weighted by Crippen LogP contribution is -2.01. The molecule has 0 atom stereocenters. The minimum absolute atomic E-state index is 0.0331. The van der Waals surface area contributed by atoms with E-state index >= 15 is 0 Å². The van der Waals surface area contributed by atoms with Crippen LogP contribution in [0.1, 0.15) is 0 Å². The van der Waals surface area contributed by atoms with Crippen LogP contribution in [0.5, 0.6) is 5.75 Å². The van der Waals surface area contributed by atoms with Crippen molar-refractivity contribution in [2.24, 2.45) is 7.05 Å². The monoisotopic (exact) mass is 279 g/mol. The van der Waals surface area contributed by atoms with Gasteiger partial charge in [0.15, 0.2) is 11.0 Å². The van der Waals surface area contributed by atoms with Crippen LogP contribution < -0.4 is 4.74 Å². The molecule has 7 heteroatoms. The number of aromatic nitrogens is 3. The van der Waals surface area contributed by atoms with Crippen molar-refractivity contribution in [3.63, 3.8) is 0 Å². The molecular formula is C12H13N3O3S. The summed E-state index contributed by atoms with van der Waals surface area (Å²) in [6.07, 6.45) is 0. The second-order valence-electron chi connectivity index (χ2n) is 3.78. The van der Waals surface area contributed by atoms with Crippen LogP contribution in [0.3, 0.4) is 0 Å². The van der Waals surface area contributed by atoms with Gasteiger partial charge in [0, 0.05) is 12.6 Å². The van der Waals surface area contributed by atoms with E-state index in [1.807, 2.05) is 31.3 Å². The number of thioether (sulfide) groups is 1. The Morgan fingerprint density at radius 3 is 2.63 bits per heavy atom. The van der Waals surface area contributed by atoms with Gasteiger partial charge in [0.05, 0.1) is 12.9 Å². The Kier molecular flexibility index (Phi) is 4.06. The van der Waals surface area contributed by atoms with Gasteiger partial charge < -0.3 is 14.4 Å². The molecule has 0 saturated heterocycles. The summed E-state index contributed by atoms with van der Waals surface area (Å²) in [4.78, 5) is 10.5. The van der Waals surface area contributed by atoms with Crippen LogP contribution in [-0.4, -0.2) is 38.7 Å². The summed E-state index contributed by atoms with van der Waals surface area (Å²) in [5, 5.41) is 17.3. The molecule has 2 rings (SSSR count). The molecule has 0 radical (unpaired) electrons. The number of methoxy groups -OCH3 is 1. The maximum atomic E-state index is 10.5. The molecule has 0 aliphatic carbocycles. The number of nitrogens with zero attached hydrogens (tertiary/aromatic N) is 3. The number of rotatable bonds is 5. The minimum Gasteiger partial charge on any atom is -0.497 e. The second-order valence-corrected chi connectivity index (χ2v) is 4.72. The Morgan fingerprint density at radius 2 is 2.05 bits per heavy atom. The van der Waals surface area contributed by atoms with Gasteiger partial charge in [0.1, 0.15) is 5.75 Å². The zero-order chi connectivity index (χ0) is 13.8. The molecule has 0 aliphatic heterocycles. The molecule has 0 bridgehead atoms. The zero-order valence-corrected chi connectivity index (χ0v) is 11.3. The topological polar surface area (TPSA) is 77.2 Å². The van der Waals surface area contributed by atoms with Crippen LogP contribution in [0, 0.1) is 0 Å². The highest BCUT2D eigenvalue weighted by atomic mass is 32.2. The molecule has 0 unspecified atom stereocenters. The Morgan fingerprint density at radius 1 is 1.37 bits per heavy atom. The van der Waals surface area contributed by atoms with Crippen LogP contribution in [-0.2, 0) is 11.8 Å². The lowest BCUT2D eigenvalue weighted by Gasteiger charge is -2.04. The van der Waals surface area contributed by atoms with Gasteiger partial charge in [-0.05, 0) is 24.3 Å². The zero-order valence-electron chi connectivity index (χ0n) is 10.5. The molecule has 0 spiro atoms. The Labute approximate surface area is 114 Å². The van der Waals surface area contributed by atoms with Gasteiger partial charge in [-0.25, -0.2) is 0 Å². The van der Waals surface area contributed by atoms with Crippen molar-refractivity contribution in [3.05, 3.63) is 24.3 Å². The van der Waals surface area contributed by atoms with Crippen LogP contribution >= 0.6 is 11.8 Å². The molecule has 0 amide bonds. The first-order chi connectivity index (χ1) is 9.11. The lowest BCUT2D eigenvalue weighted by molar-refractivity contribution is -0.133. The van der Waals surface area contributed by atoms with Gasteiger partial charge in [-0.3, -0.25) is 4.79 Å². The van der Waals surface area contributed by atoms with Gasteiger partial charge in [-0.2, -0.15) is 0 Å². The fraction of sp³-hybridized carbons (Fsp3) is 0.250. The van der Waals surface area contributed by atoms with Crippen molar-refractivity contribution in [2.75, 3.05) is 12.9 Å². The van der Waals surface area contributed by atoms with E-state index < -0.39 is 5.97 Å². The molecule has 100 valence electrons. The maximum Gasteiger partial charge on any atom is 0.313 e. The highest BCUT2D eigenvalue weighted by molar-refractivity contribution is 7.99. The van der Waals surface area contributed by atoms with Crippen LogP contribution in [0.4, 0.5) is 0 Å². The van der Waals surface area contributed by atoms with E-state index in [0.29, 0.717) is 11.0 Å². The van der Waals surface area contributed by atoms with Crippen molar-refractivity contribution in [1.82, 2.24) is 14.8 Å². The number of carbonyl (C=O) groups is 1. The first-order valence-corrected chi connectivity index (χ1v) is 6.49. The van der Waals surface area contributed by atoms with Gasteiger partial charge >= 0.3 is 5.97 Å². The third-order valence-corrected chi connectivity index (χ3v) is 3.51. The van der Waals surface area contributed by atoms with Crippen molar-refractivity contribution in [3.8, 4) is 17.1 Å². The molecule has 1 N–H and O–H groups in total. The van der Waals surface area contributed by atoms with E-state index in [2.05, 4.69) is 10.2 Å². The van der Waals surface area contributed by atoms with Crippen molar-refractivity contribution < 1.29 is 14.6 Å². The van der Waals surface area contributed by atoms with Crippen molar-refractivity contribution in [2.45, 2.75) is 5.16 Å². The van der Waals surface area contributed by atoms with Crippen molar-refractivity contribution in [1.29, 1.82) is 0 Å². The number of hydrogen-bond acceptors (Lipinski definition) is 5. The summed E-state index contributed by atoms with van der Waals surface area (Å²) in [5.41, 5.74) is 0.901. The number of carboxylic acid groups (broad SMARTS) is 1. The highest BCUT2D eigenvalue weighted by Gasteiger charge is 2.12. The number of ether oxygens (including phenoxy) is 1. The Balaban J connectivity index is 2.22. The van der Waals surface area contributed by atoms with E-state index in [9.17, 15) is 4.79 Å². The van der Waals surface area contributed by atoms with Crippen LogP contribution in [0.15, 0.2) is 29.4 Å². The molecule has 0 fully saturated rings. The quantitative estimate of drug-likeness (QED) is 0.839. The van der Waals surface area contributed by atoms with Crippen molar-refractivity contribution >= 4 is 17.7 Å². The number of carboxylic acids is 1. The largest absolute Gasteiger partial charge is 0.497 e. The normalized spacial score (nSPS) is 10.4. The SMILES string of the molecule is COc1ccc(-c2nnc(SCC(=O)O)n2C)cc1. The third-order valence-electron chi connectivity index (χ3n) is 2.51. The van der Waals surface area contributed by atoms with E-state index in [1.165, 1.54) is 0 Å². The lowest BCUT2D eigenvalue weighted by atomic mass is 10.2. The number of benzene rings is 1. The number of aliphatic carboxylic acids is 1. The molecular weight excluding hydrogens is 266 g/mol. The molecule has 2 aromatic rings. The molecule has 0 aliphatic rings. The van der Waals surface area contributed by atoms with Crippen LogP contribution in [0.2, 0.25) is 0 Å². The summed E-state index contributed by atoms with van der Waals surface area (Å²) in [5.74, 6) is 0.551. The van der Waals surface area contributed by atoms with E-state index in [0.717, 1.165) is 23.1 Å². The molecule has 1 aromatic carbocycles. The summed E-state index contributed by atoms with van der Waals surface area (Å²) in [6.45, 7) is 0. The third kappa shape index (κ3) is 3.05. The Hall–Kier alpha value is -2.02. The van der Waals surface area contributed by atoms with E-state index in [-0.39, 0.29) is 5.75 Å². The summed E-state index contributed by atoms with van der Waals surface area (Å²) in [6, 6.07) is 7.45. The summed E-state index contributed by atoms with van der Waals surface area (Å²) >= 11 is 1.14. The maximum absolute atomic E-state index is 10.5. The van der Waals surface area contributed by atoms with Gasteiger partial charge in [0.25, 0.3) is 0 Å². The van der Waals surface area contributed by atoms with E-state index in [1.54, 1.807) is 11.7 Å². The second kappa shape index (κ2) is 5.75. The molecule has 19 heavy (non-hydrogen) atoms. The van der Waals surface area contributed by atoms with E-state index in [4.69, 9.17) is 9.84 Å². The summed E-state index contributed by atoms with van der Waals surface area (Å²) in [7, 11) is 3.42. The smallest absolute Gasteiger partial charge is 0.313 e. The van der Waals surface area contributed by atoms with Gasteiger partial charge in [-0.1, -0.05) is 11.8 Å². The molecule has 1 aromatic heterocycles. The van der Waals surface area contributed by atoms with Gasteiger partial charge in [-0.15, -0.1) is 10.2 Å². The molecule has 0 saturated carbocycles. The number of hydrogen-bond donors (Lipinski definition) is 1. The minimum atomic E-state index is -0.876. The van der Waals surface area contributed by atoms with Crippen LogP contribution in [0.25, 0.3) is 11.4 Å². The Bertz CT molecular complexity index is 580. The first-order valence-electron chi connectivity index (χ1n) is 5.50.